The largest absolute Gasteiger partial charge is 0.316 e. The Balaban J connectivity index is 2.08. The molecule has 1 aliphatic rings. The van der Waals surface area contributed by atoms with Crippen molar-refractivity contribution in [2.45, 2.75) is 19.3 Å². The third kappa shape index (κ3) is 2.31. The lowest BCUT2D eigenvalue weighted by molar-refractivity contribution is 0.318. The predicted octanol–water partition coefficient (Wildman–Crippen LogP) is 1.35. The molecule has 1 saturated heterocycles. The number of hydrogen-bond acceptors (Lipinski definition) is 1. The summed E-state index contributed by atoms with van der Waals surface area (Å²) in [6, 6.07) is 0. The second-order valence-corrected chi connectivity index (χ2v) is 2.69. The van der Waals surface area contributed by atoms with Gasteiger partial charge in [-0.15, -0.1) is 0 Å². The number of alkyl halides is 1. The summed E-state index contributed by atoms with van der Waals surface area (Å²) < 4.78 is 11.7. The summed E-state index contributed by atoms with van der Waals surface area (Å²) in [6.07, 6.45) is 3.20. The van der Waals surface area contributed by atoms with Crippen molar-refractivity contribution in [1.82, 2.24) is 5.32 Å². The Kier molecular flexibility index (Phi) is 2.98. The SMILES string of the molecule is FCC[C@H]1CCCNC1. The van der Waals surface area contributed by atoms with Gasteiger partial charge >= 0.3 is 0 Å². The van der Waals surface area contributed by atoms with E-state index in [1.807, 2.05) is 0 Å². The molecule has 0 saturated carbocycles. The molecule has 0 aromatic rings. The van der Waals surface area contributed by atoms with E-state index >= 15 is 0 Å². The third-order valence-corrected chi connectivity index (χ3v) is 1.92. The lowest BCUT2D eigenvalue weighted by Crippen LogP contribution is -2.29. The first-order chi connectivity index (χ1) is 4.43. The van der Waals surface area contributed by atoms with Crippen LogP contribution in [-0.2, 0) is 0 Å². The van der Waals surface area contributed by atoms with Gasteiger partial charge in [-0.1, -0.05) is 0 Å². The van der Waals surface area contributed by atoms with Crippen molar-refractivity contribution >= 4 is 0 Å². The van der Waals surface area contributed by atoms with Gasteiger partial charge in [0.2, 0.25) is 0 Å². The molecule has 1 N–H and O–H groups in total. The van der Waals surface area contributed by atoms with Gasteiger partial charge in [0.15, 0.2) is 0 Å². The quantitative estimate of drug-likeness (QED) is 0.596. The molecular weight excluding hydrogens is 117 g/mol. The maximum Gasteiger partial charge on any atom is 0.0897 e. The Morgan fingerprint density at radius 1 is 1.56 bits per heavy atom. The van der Waals surface area contributed by atoms with Crippen molar-refractivity contribution in [3.63, 3.8) is 0 Å². The Morgan fingerprint density at radius 2 is 2.44 bits per heavy atom. The van der Waals surface area contributed by atoms with Crippen LogP contribution in [0.2, 0.25) is 0 Å². The molecule has 0 amide bonds. The van der Waals surface area contributed by atoms with Crippen molar-refractivity contribution in [2.75, 3.05) is 19.8 Å². The van der Waals surface area contributed by atoms with Gasteiger partial charge < -0.3 is 5.32 Å². The zero-order chi connectivity index (χ0) is 6.53. The lowest BCUT2D eigenvalue weighted by Gasteiger charge is -2.20. The average molecular weight is 131 g/mol. The molecule has 0 aromatic carbocycles. The zero-order valence-electron chi connectivity index (χ0n) is 5.70. The number of nitrogens with one attached hydrogen (secondary N) is 1. The second-order valence-electron chi connectivity index (χ2n) is 2.69. The first-order valence-corrected chi connectivity index (χ1v) is 3.70. The van der Waals surface area contributed by atoms with Crippen LogP contribution in [0, 0.1) is 5.92 Å². The highest BCUT2D eigenvalue weighted by atomic mass is 19.1. The van der Waals surface area contributed by atoms with Gasteiger partial charge in [-0.25, -0.2) is 0 Å². The second kappa shape index (κ2) is 3.83. The van der Waals surface area contributed by atoms with Crippen LogP contribution in [0.15, 0.2) is 0 Å². The van der Waals surface area contributed by atoms with Gasteiger partial charge in [-0.3, -0.25) is 4.39 Å². The van der Waals surface area contributed by atoms with Crippen LogP contribution in [0.3, 0.4) is 0 Å². The number of piperidine rings is 1. The van der Waals surface area contributed by atoms with E-state index < -0.39 is 0 Å². The summed E-state index contributed by atoms with van der Waals surface area (Å²) in [5.74, 6) is 0.615. The molecule has 1 fully saturated rings. The smallest absolute Gasteiger partial charge is 0.0897 e. The number of rotatable bonds is 2. The normalized spacial score (nSPS) is 28.3. The van der Waals surface area contributed by atoms with Crippen molar-refractivity contribution < 1.29 is 4.39 Å². The molecule has 54 valence electrons. The highest BCUT2D eigenvalue weighted by Crippen LogP contribution is 2.13. The highest BCUT2D eigenvalue weighted by molar-refractivity contribution is 4.67. The van der Waals surface area contributed by atoms with E-state index in [0.29, 0.717) is 5.92 Å². The van der Waals surface area contributed by atoms with Gasteiger partial charge in [-0.05, 0) is 38.3 Å². The summed E-state index contributed by atoms with van der Waals surface area (Å²) in [5, 5.41) is 3.25. The molecule has 0 bridgehead atoms. The molecule has 0 radical (unpaired) electrons. The maximum absolute atomic E-state index is 11.7. The van der Waals surface area contributed by atoms with Crippen LogP contribution >= 0.6 is 0 Å². The van der Waals surface area contributed by atoms with Gasteiger partial charge in [-0.2, -0.15) is 0 Å². The van der Waals surface area contributed by atoms with Crippen LogP contribution in [-0.4, -0.2) is 19.8 Å². The van der Waals surface area contributed by atoms with Crippen molar-refractivity contribution in [1.29, 1.82) is 0 Å². The van der Waals surface area contributed by atoms with Crippen LogP contribution in [0.25, 0.3) is 0 Å². The van der Waals surface area contributed by atoms with E-state index in [4.69, 9.17) is 0 Å². The minimum Gasteiger partial charge on any atom is -0.316 e. The van der Waals surface area contributed by atoms with Crippen molar-refractivity contribution in [2.24, 2.45) is 5.92 Å². The molecule has 1 rings (SSSR count). The molecular formula is C7H14FN. The molecule has 1 nitrogen and oxygen atoms in total. The summed E-state index contributed by atoms with van der Waals surface area (Å²) in [4.78, 5) is 0. The van der Waals surface area contributed by atoms with E-state index in [2.05, 4.69) is 5.32 Å². The summed E-state index contributed by atoms with van der Waals surface area (Å²) >= 11 is 0. The molecule has 9 heavy (non-hydrogen) atoms. The highest BCUT2D eigenvalue weighted by Gasteiger charge is 2.11. The van der Waals surface area contributed by atoms with E-state index in [-0.39, 0.29) is 6.67 Å². The van der Waals surface area contributed by atoms with Crippen LogP contribution in [0.4, 0.5) is 4.39 Å². The van der Waals surface area contributed by atoms with Crippen LogP contribution in [0.5, 0.6) is 0 Å². The Hall–Kier alpha value is -0.110. The van der Waals surface area contributed by atoms with Crippen molar-refractivity contribution in [3.8, 4) is 0 Å². The third-order valence-electron chi connectivity index (χ3n) is 1.92. The molecule has 1 atom stereocenters. The molecule has 2 heteroatoms. The molecule has 1 aliphatic heterocycles. The standard InChI is InChI=1S/C7H14FN/c8-4-3-7-2-1-5-9-6-7/h7,9H,1-6H2/t7-/m1/s1. The lowest BCUT2D eigenvalue weighted by atomic mass is 9.97. The number of hydrogen-bond donors (Lipinski definition) is 1. The Bertz CT molecular complexity index is 66.6. The van der Waals surface area contributed by atoms with Crippen molar-refractivity contribution in [3.05, 3.63) is 0 Å². The number of halogens is 1. The summed E-state index contributed by atoms with van der Waals surface area (Å²) in [6.45, 7) is 2.01. The fraction of sp³-hybridized carbons (Fsp3) is 1.00. The topological polar surface area (TPSA) is 12.0 Å². The van der Waals surface area contributed by atoms with E-state index in [1.54, 1.807) is 0 Å². The maximum atomic E-state index is 11.7. The molecule has 0 aromatic heterocycles. The molecule has 0 aliphatic carbocycles. The first-order valence-electron chi connectivity index (χ1n) is 3.70. The fourth-order valence-corrected chi connectivity index (χ4v) is 1.32. The summed E-state index contributed by atoms with van der Waals surface area (Å²) in [7, 11) is 0. The van der Waals surface area contributed by atoms with Gasteiger partial charge in [0.1, 0.15) is 0 Å². The van der Waals surface area contributed by atoms with E-state index in [9.17, 15) is 4.39 Å². The minimum absolute atomic E-state index is 0.146. The molecule has 1 heterocycles. The van der Waals surface area contributed by atoms with E-state index in [0.717, 1.165) is 19.5 Å². The monoisotopic (exact) mass is 131 g/mol. The minimum atomic E-state index is -0.146. The van der Waals surface area contributed by atoms with Gasteiger partial charge in [0.25, 0.3) is 0 Å². The van der Waals surface area contributed by atoms with Crippen LogP contribution in [0.1, 0.15) is 19.3 Å². The van der Waals surface area contributed by atoms with E-state index in [1.165, 1.54) is 12.8 Å². The zero-order valence-corrected chi connectivity index (χ0v) is 5.70. The average Bonchev–Trinajstić information content (AvgIpc) is 1.91. The van der Waals surface area contributed by atoms with Crippen LogP contribution < -0.4 is 5.32 Å². The Labute approximate surface area is 55.6 Å². The molecule has 0 spiro atoms. The molecule has 0 unspecified atom stereocenters. The van der Waals surface area contributed by atoms with Gasteiger partial charge in [0.05, 0.1) is 6.67 Å². The fourth-order valence-electron chi connectivity index (χ4n) is 1.32. The first kappa shape index (κ1) is 7.00. The van der Waals surface area contributed by atoms with Gasteiger partial charge in [0, 0.05) is 0 Å². The Morgan fingerprint density at radius 3 is 3.00 bits per heavy atom. The predicted molar refractivity (Wildman–Crippen MR) is 36.2 cm³/mol. The summed E-state index contributed by atoms with van der Waals surface area (Å²) in [5.41, 5.74) is 0.